The lowest BCUT2D eigenvalue weighted by Gasteiger charge is -2.26. The highest BCUT2D eigenvalue weighted by Crippen LogP contribution is 2.35. The van der Waals surface area contributed by atoms with Gasteiger partial charge in [0.15, 0.2) is 11.5 Å². The number of nitrogens with zero attached hydrogens (tertiary/aromatic N) is 4. The summed E-state index contributed by atoms with van der Waals surface area (Å²) in [5, 5.41) is 14.5. The molecule has 0 saturated carbocycles. The summed E-state index contributed by atoms with van der Waals surface area (Å²) in [6.07, 6.45) is 4.97. The Morgan fingerprint density at radius 2 is 2.24 bits per heavy atom. The van der Waals surface area contributed by atoms with Crippen molar-refractivity contribution in [2.45, 2.75) is 31.5 Å². The molecule has 3 heterocycles. The fraction of sp³-hybridized carbons (Fsp3) is 0.529. The number of hydrogen-bond donors (Lipinski definition) is 1. The second-order valence-electron chi connectivity index (χ2n) is 6.39. The first-order valence-electron chi connectivity index (χ1n) is 8.55. The van der Waals surface area contributed by atoms with Gasteiger partial charge in [-0.3, -0.25) is 9.58 Å². The summed E-state index contributed by atoms with van der Waals surface area (Å²) in [5.41, 5.74) is 0. The van der Waals surface area contributed by atoms with Gasteiger partial charge >= 0.3 is 0 Å². The van der Waals surface area contributed by atoms with Crippen LogP contribution in [0.25, 0.3) is 0 Å². The maximum absolute atomic E-state index is 10.4. The Morgan fingerprint density at radius 3 is 3.12 bits per heavy atom. The number of benzene rings is 1. The van der Waals surface area contributed by atoms with Crippen LogP contribution >= 0.6 is 0 Å². The molecular weight excluding hydrogens is 324 g/mol. The lowest BCUT2D eigenvalue weighted by Crippen LogP contribution is -2.40. The summed E-state index contributed by atoms with van der Waals surface area (Å²) in [7, 11) is 0. The smallest absolute Gasteiger partial charge is 0.231 e. The first-order valence-corrected chi connectivity index (χ1v) is 8.55. The Kier molecular flexibility index (Phi) is 4.71. The van der Waals surface area contributed by atoms with Gasteiger partial charge in [-0.1, -0.05) is 0 Å². The monoisotopic (exact) mass is 346 g/mol. The molecule has 0 spiro atoms. The Bertz CT molecular complexity index is 694. The lowest BCUT2D eigenvalue weighted by atomic mass is 10.2. The summed E-state index contributed by atoms with van der Waals surface area (Å²) < 4.78 is 18.2. The fourth-order valence-corrected chi connectivity index (χ4v) is 3.37. The van der Waals surface area contributed by atoms with Crippen LogP contribution < -0.4 is 14.2 Å². The summed E-state index contributed by atoms with van der Waals surface area (Å²) in [6, 6.07) is 5.81. The number of aromatic nitrogens is 3. The molecule has 1 fully saturated rings. The average molecular weight is 346 g/mol. The van der Waals surface area contributed by atoms with Gasteiger partial charge in [-0.15, -0.1) is 0 Å². The van der Waals surface area contributed by atoms with E-state index in [9.17, 15) is 5.11 Å². The zero-order valence-electron chi connectivity index (χ0n) is 14.0. The summed E-state index contributed by atoms with van der Waals surface area (Å²) in [4.78, 5) is 6.28. The molecule has 2 aliphatic rings. The van der Waals surface area contributed by atoms with Gasteiger partial charge in [-0.25, -0.2) is 4.98 Å². The van der Waals surface area contributed by atoms with Crippen molar-refractivity contribution in [1.29, 1.82) is 0 Å². The van der Waals surface area contributed by atoms with E-state index in [1.165, 1.54) is 0 Å². The predicted molar refractivity (Wildman–Crippen MR) is 88.7 cm³/mol. The van der Waals surface area contributed by atoms with Crippen molar-refractivity contribution in [2.24, 2.45) is 0 Å². The number of fused-ring (bicyclic) bond motifs is 1. The molecule has 1 aromatic carbocycles. The predicted octanol–water partition coefficient (Wildman–Crippen LogP) is 0.911. The number of rotatable bonds is 7. The highest BCUT2D eigenvalue weighted by Gasteiger charge is 2.27. The van der Waals surface area contributed by atoms with Crippen LogP contribution in [0.5, 0.6) is 17.2 Å². The summed E-state index contributed by atoms with van der Waals surface area (Å²) in [6.45, 7) is 2.86. The minimum Gasteiger partial charge on any atom is -0.491 e. The van der Waals surface area contributed by atoms with Crippen LogP contribution in [0.4, 0.5) is 0 Å². The van der Waals surface area contributed by atoms with Gasteiger partial charge in [0.05, 0.1) is 6.54 Å². The van der Waals surface area contributed by atoms with Crippen LogP contribution in [0.2, 0.25) is 0 Å². The molecule has 25 heavy (non-hydrogen) atoms. The van der Waals surface area contributed by atoms with E-state index in [-0.39, 0.29) is 13.4 Å². The summed E-state index contributed by atoms with van der Waals surface area (Å²) >= 11 is 0. The quantitative estimate of drug-likeness (QED) is 0.798. The van der Waals surface area contributed by atoms with Crippen LogP contribution in [-0.2, 0) is 6.54 Å². The first-order chi connectivity index (χ1) is 12.3. The molecule has 1 aromatic heterocycles. The first kappa shape index (κ1) is 16.2. The summed E-state index contributed by atoms with van der Waals surface area (Å²) in [5.74, 6) is 2.07. The van der Waals surface area contributed by atoms with Crippen molar-refractivity contribution < 1.29 is 19.3 Å². The van der Waals surface area contributed by atoms with Crippen molar-refractivity contribution in [1.82, 2.24) is 19.7 Å². The van der Waals surface area contributed by atoms with E-state index in [0.717, 1.165) is 31.7 Å². The fourth-order valence-electron chi connectivity index (χ4n) is 3.37. The van der Waals surface area contributed by atoms with Crippen molar-refractivity contribution in [2.75, 3.05) is 26.5 Å². The van der Waals surface area contributed by atoms with Gasteiger partial charge in [0.1, 0.15) is 31.1 Å². The van der Waals surface area contributed by atoms with Crippen LogP contribution in [0.1, 0.15) is 12.8 Å². The molecule has 0 bridgehead atoms. The van der Waals surface area contributed by atoms with E-state index < -0.39 is 6.10 Å². The largest absolute Gasteiger partial charge is 0.491 e. The third-order valence-corrected chi connectivity index (χ3v) is 4.60. The molecular formula is C17H22N4O4. The van der Waals surface area contributed by atoms with E-state index in [1.807, 2.05) is 16.8 Å². The van der Waals surface area contributed by atoms with Crippen molar-refractivity contribution in [3.05, 3.63) is 30.9 Å². The number of β-amino-alcohol motifs (C(OH)–C–C–N with tert-alkyl or cyclic N) is 1. The highest BCUT2D eigenvalue weighted by atomic mass is 16.7. The van der Waals surface area contributed by atoms with Gasteiger partial charge in [0.2, 0.25) is 6.79 Å². The second-order valence-corrected chi connectivity index (χ2v) is 6.39. The third kappa shape index (κ3) is 3.85. The van der Waals surface area contributed by atoms with E-state index >= 15 is 0 Å². The molecule has 0 amide bonds. The molecule has 134 valence electrons. The van der Waals surface area contributed by atoms with Crippen molar-refractivity contribution in [3.8, 4) is 17.2 Å². The molecule has 8 nitrogen and oxygen atoms in total. The molecule has 2 atom stereocenters. The lowest BCUT2D eigenvalue weighted by molar-refractivity contribution is 0.0609. The topological polar surface area (TPSA) is 81.9 Å². The maximum Gasteiger partial charge on any atom is 0.231 e. The highest BCUT2D eigenvalue weighted by molar-refractivity contribution is 5.46. The number of likely N-dealkylation sites (tertiary alicyclic amines) is 1. The average Bonchev–Trinajstić information content (AvgIpc) is 3.35. The molecule has 0 unspecified atom stereocenters. The van der Waals surface area contributed by atoms with E-state index in [0.29, 0.717) is 24.1 Å². The van der Waals surface area contributed by atoms with Gasteiger partial charge in [0, 0.05) is 18.7 Å². The minimum absolute atomic E-state index is 0.240. The van der Waals surface area contributed by atoms with E-state index in [2.05, 4.69) is 15.0 Å². The van der Waals surface area contributed by atoms with Crippen molar-refractivity contribution in [3.63, 3.8) is 0 Å². The second kappa shape index (κ2) is 7.28. The van der Waals surface area contributed by atoms with Crippen LogP contribution in [0.3, 0.4) is 0 Å². The Balaban J connectivity index is 1.27. The third-order valence-electron chi connectivity index (χ3n) is 4.60. The number of ether oxygens (including phenoxy) is 3. The Hall–Kier alpha value is -2.32. The number of aliphatic hydroxyl groups excluding tert-OH is 1. The van der Waals surface area contributed by atoms with Gasteiger partial charge in [0.25, 0.3) is 0 Å². The maximum atomic E-state index is 10.4. The SMILES string of the molecule is O[C@H](COc1ccc2c(c1)OCO2)CN1CCC[C@@H]1Cn1cncn1. The molecule has 2 aromatic rings. The zero-order valence-corrected chi connectivity index (χ0v) is 14.0. The van der Waals surface area contributed by atoms with Crippen LogP contribution in [-0.4, -0.2) is 63.4 Å². The van der Waals surface area contributed by atoms with Crippen LogP contribution in [0.15, 0.2) is 30.9 Å². The standard InChI is InChI=1S/C17H22N4O4/c22-14(9-23-15-3-4-16-17(6-15)25-12-24-16)8-20-5-1-2-13(20)7-21-11-18-10-19-21/h3-4,6,10-11,13-14,22H,1-2,5,7-9,12H2/t13-,14+/m1/s1. The number of aliphatic hydroxyl groups is 1. The van der Waals surface area contributed by atoms with Crippen LogP contribution in [0, 0.1) is 0 Å². The van der Waals surface area contributed by atoms with E-state index in [1.54, 1.807) is 18.7 Å². The molecule has 1 N–H and O–H groups in total. The molecule has 8 heteroatoms. The molecule has 1 saturated heterocycles. The van der Waals surface area contributed by atoms with Gasteiger partial charge in [-0.2, -0.15) is 5.10 Å². The molecule has 4 rings (SSSR count). The van der Waals surface area contributed by atoms with Gasteiger partial charge in [-0.05, 0) is 31.5 Å². The van der Waals surface area contributed by atoms with Crippen molar-refractivity contribution >= 4 is 0 Å². The Labute approximate surface area is 145 Å². The van der Waals surface area contributed by atoms with E-state index in [4.69, 9.17) is 14.2 Å². The van der Waals surface area contributed by atoms with Gasteiger partial charge < -0.3 is 19.3 Å². The molecule has 0 radical (unpaired) electrons. The molecule has 2 aliphatic heterocycles. The Morgan fingerprint density at radius 1 is 1.32 bits per heavy atom. The molecule has 0 aliphatic carbocycles. The normalized spacial score (nSPS) is 20.8. The number of hydrogen-bond acceptors (Lipinski definition) is 7. The minimum atomic E-state index is -0.554. The zero-order chi connectivity index (χ0) is 17.1.